The Labute approximate surface area is 150 Å². The van der Waals surface area contributed by atoms with Gasteiger partial charge in [-0.15, -0.1) is 0 Å². The molecule has 0 spiro atoms. The SMILES string of the molecule is O=C1CCCC(=NCCCCN=C2CCCC(=O)C2[N+](=O)[O-])C1[N+](=O)[O-]. The molecule has 2 saturated carbocycles. The van der Waals surface area contributed by atoms with Gasteiger partial charge in [-0.05, 0) is 38.5 Å². The van der Waals surface area contributed by atoms with E-state index in [1.54, 1.807) is 0 Å². The van der Waals surface area contributed by atoms with Crippen molar-refractivity contribution in [1.29, 1.82) is 0 Å². The van der Waals surface area contributed by atoms with Gasteiger partial charge in [-0.2, -0.15) is 0 Å². The monoisotopic (exact) mass is 366 g/mol. The maximum absolute atomic E-state index is 11.6. The molecular weight excluding hydrogens is 344 g/mol. The maximum Gasteiger partial charge on any atom is 0.307 e. The Hall–Kier alpha value is -2.52. The third kappa shape index (κ3) is 4.99. The normalized spacial score (nSPS) is 27.1. The van der Waals surface area contributed by atoms with Gasteiger partial charge >= 0.3 is 12.1 Å². The van der Waals surface area contributed by atoms with Crippen molar-refractivity contribution in [1.82, 2.24) is 0 Å². The first-order valence-electron chi connectivity index (χ1n) is 8.80. The van der Waals surface area contributed by atoms with Crippen LogP contribution in [0.25, 0.3) is 0 Å². The Morgan fingerprint density at radius 2 is 1.15 bits per heavy atom. The highest BCUT2D eigenvalue weighted by Gasteiger charge is 2.38. The quantitative estimate of drug-likeness (QED) is 0.378. The number of Topliss-reactive ketones (excluding diaryl/α,β-unsaturated/α-hetero) is 2. The first-order valence-corrected chi connectivity index (χ1v) is 8.80. The summed E-state index contributed by atoms with van der Waals surface area (Å²) in [7, 11) is 0. The molecule has 26 heavy (non-hydrogen) atoms. The minimum absolute atomic E-state index is 0.221. The van der Waals surface area contributed by atoms with Crippen molar-refractivity contribution in [2.45, 2.75) is 63.5 Å². The second kappa shape index (κ2) is 9.25. The topological polar surface area (TPSA) is 145 Å². The van der Waals surface area contributed by atoms with E-state index in [-0.39, 0.29) is 24.4 Å². The number of carbonyl (C=O) groups excluding carboxylic acids is 2. The summed E-state index contributed by atoms with van der Waals surface area (Å²) in [6.45, 7) is 0.713. The van der Waals surface area contributed by atoms with E-state index in [9.17, 15) is 29.8 Å². The maximum atomic E-state index is 11.6. The van der Waals surface area contributed by atoms with Gasteiger partial charge in [0, 0.05) is 35.8 Å². The summed E-state index contributed by atoms with van der Waals surface area (Å²) in [6.07, 6.45) is 3.76. The lowest BCUT2D eigenvalue weighted by Crippen LogP contribution is -2.40. The molecule has 2 rings (SSSR count). The van der Waals surface area contributed by atoms with Crippen molar-refractivity contribution < 1.29 is 19.4 Å². The summed E-state index contributed by atoms with van der Waals surface area (Å²) in [4.78, 5) is 52.6. The summed E-state index contributed by atoms with van der Waals surface area (Å²) in [6, 6.07) is -2.61. The second-order valence-corrected chi connectivity index (χ2v) is 6.47. The fourth-order valence-electron chi connectivity index (χ4n) is 3.28. The van der Waals surface area contributed by atoms with Crippen molar-refractivity contribution in [2.75, 3.05) is 13.1 Å². The van der Waals surface area contributed by atoms with Crippen molar-refractivity contribution in [3.8, 4) is 0 Å². The van der Waals surface area contributed by atoms with Crippen molar-refractivity contribution >= 4 is 23.0 Å². The van der Waals surface area contributed by atoms with Crippen LogP contribution in [0.5, 0.6) is 0 Å². The number of nitrogens with zero attached hydrogens (tertiary/aromatic N) is 4. The number of aliphatic imine (C=N–C) groups is 2. The smallest absolute Gasteiger partial charge is 0.292 e. The summed E-state index contributed by atoms with van der Waals surface area (Å²) in [5.41, 5.74) is 0.674. The molecule has 0 aromatic heterocycles. The number of unbranched alkanes of at least 4 members (excludes halogenated alkanes) is 1. The summed E-state index contributed by atoms with van der Waals surface area (Å²) in [5, 5.41) is 22.0. The predicted molar refractivity (Wildman–Crippen MR) is 93.1 cm³/mol. The average Bonchev–Trinajstić information content (AvgIpc) is 2.57. The molecule has 0 heterocycles. The molecule has 0 amide bonds. The summed E-state index contributed by atoms with van der Waals surface area (Å²) >= 11 is 0. The number of carbonyl (C=O) groups is 2. The Kier molecular flexibility index (Phi) is 7.05. The Balaban J connectivity index is 1.82. The van der Waals surface area contributed by atoms with E-state index < -0.39 is 21.9 Å². The van der Waals surface area contributed by atoms with E-state index in [2.05, 4.69) is 9.98 Å². The molecule has 0 saturated heterocycles. The first-order chi connectivity index (χ1) is 12.4. The van der Waals surface area contributed by atoms with Crippen molar-refractivity contribution in [3.05, 3.63) is 20.2 Å². The van der Waals surface area contributed by atoms with Gasteiger partial charge in [-0.25, -0.2) is 0 Å². The molecule has 0 radical (unpaired) electrons. The van der Waals surface area contributed by atoms with E-state index in [1.165, 1.54) is 0 Å². The fraction of sp³-hybridized carbons (Fsp3) is 0.750. The van der Waals surface area contributed by atoms with Gasteiger partial charge in [0.15, 0.2) is 0 Å². The van der Waals surface area contributed by atoms with Crippen molar-refractivity contribution in [3.63, 3.8) is 0 Å². The van der Waals surface area contributed by atoms with E-state index in [4.69, 9.17) is 0 Å². The van der Waals surface area contributed by atoms with Crippen LogP contribution in [0.2, 0.25) is 0 Å². The molecule has 10 heteroatoms. The molecule has 0 N–H and O–H groups in total. The molecule has 2 fully saturated rings. The van der Waals surface area contributed by atoms with Crippen LogP contribution in [0.4, 0.5) is 0 Å². The van der Waals surface area contributed by atoms with Crippen LogP contribution in [0.3, 0.4) is 0 Å². The van der Waals surface area contributed by atoms with Gasteiger partial charge in [-0.3, -0.25) is 39.8 Å². The molecule has 2 aliphatic carbocycles. The molecule has 10 nitrogen and oxygen atoms in total. The Morgan fingerprint density at radius 3 is 1.50 bits per heavy atom. The minimum Gasteiger partial charge on any atom is -0.292 e. The third-order valence-corrected chi connectivity index (χ3v) is 4.57. The van der Waals surface area contributed by atoms with Gasteiger partial charge in [0.2, 0.25) is 11.6 Å². The molecular formula is C16H22N4O6. The van der Waals surface area contributed by atoms with Gasteiger partial charge in [0.05, 0.1) is 11.4 Å². The van der Waals surface area contributed by atoms with Crippen LogP contribution in [-0.2, 0) is 9.59 Å². The predicted octanol–water partition coefficient (Wildman–Crippen LogP) is 1.45. The lowest BCUT2D eigenvalue weighted by atomic mass is 9.92. The van der Waals surface area contributed by atoms with Crippen LogP contribution < -0.4 is 0 Å². The third-order valence-electron chi connectivity index (χ3n) is 4.57. The molecule has 0 aromatic carbocycles. The zero-order valence-electron chi connectivity index (χ0n) is 14.5. The van der Waals surface area contributed by atoms with Crippen LogP contribution >= 0.6 is 0 Å². The number of ketones is 2. The highest BCUT2D eigenvalue weighted by Crippen LogP contribution is 2.17. The minimum atomic E-state index is -1.31. The van der Waals surface area contributed by atoms with E-state index in [1.807, 2.05) is 0 Å². The van der Waals surface area contributed by atoms with Gasteiger partial charge in [0.25, 0.3) is 0 Å². The highest BCUT2D eigenvalue weighted by atomic mass is 16.6. The van der Waals surface area contributed by atoms with Gasteiger partial charge < -0.3 is 0 Å². The number of nitro groups is 2. The molecule has 0 aromatic rings. The molecule has 2 unspecified atom stereocenters. The highest BCUT2D eigenvalue weighted by molar-refractivity contribution is 6.10. The first kappa shape index (κ1) is 19.8. The van der Waals surface area contributed by atoms with Crippen LogP contribution in [0.15, 0.2) is 9.98 Å². The molecule has 0 aliphatic heterocycles. The van der Waals surface area contributed by atoms with E-state index in [0.717, 1.165) is 0 Å². The standard InChI is InChI=1S/C16H22N4O6/c21-13-7-3-5-11(15(13)19(23)24)17-9-1-2-10-18-12-6-4-8-14(22)16(12)20(25)26/h15-16H,1-10H2. The lowest BCUT2D eigenvalue weighted by Gasteiger charge is -2.16. The average molecular weight is 366 g/mol. The lowest BCUT2D eigenvalue weighted by molar-refractivity contribution is -0.489. The van der Waals surface area contributed by atoms with Crippen LogP contribution in [0, 0.1) is 20.2 Å². The zero-order chi connectivity index (χ0) is 19.1. The van der Waals surface area contributed by atoms with Gasteiger partial charge in [-0.1, -0.05) is 0 Å². The molecule has 0 bridgehead atoms. The van der Waals surface area contributed by atoms with Crippen LogP contribution in [0.1, 0.15) is 51.4 Å². The number of rotatable bonds is 7. The zero-order valence-corrected chi connectivity index (χ0v) is 14.5. The Morgan fingerprint density at radius 1 is 0.769 bits per heavy atom. The Bertz CT molecular complexity index is 601. The van der Waals surface area contributed by atoms with E-state index >= 15 is 0 Å². The van der Waals surface area contributed by atoms with E-state index in [0.29, 0.717) is 63.0 Å². The molecule has 2 aliphatic rings. The molecule has 2 atom stereocenters. The number of hydrogen-bond donors (Lipinski definition) is 0. The molecule has 142 valence electrons. The fourth-order valence-corrected chi connectivity index (χ4v) is 3.28. The summed E-state index contributed by atoms with van der Waals surface area (Å²) < 4.78 is 0. The van der Waals surface area contributed by atoms with Crippen LogP contribution in [-0.4, -0.2) is 58.0 Å². The second-order valence-electron chi connectivity index (χ2n) is 6.47. The van der Waals surface area contributed by atoms with Crippen molar-refractivity contribution in [2.24, 2.45) is 9.98 Å². The van der Waals surface area contributed by atoms with Gasteiger partial charge in [0.1, 0.15) is 0 Å². The summed E-state index contributed by atoms with van der Waals surface area (Å²) in [5.74, 6) is -0.779. The largest absolute Gasteiger partial charge is 0.307 e. The number of hydrogen-bond acceptors (Lipinski definition) is 8.